The molecule has 0 unspecified atom stereocenters. The molecule has 0 rings (SSSR count). The van der Waals surface area contributed by atoms with Crippen LogP contribution in [0.4, 0.5) is 0 Å². The molecule has 0 aliphatic rings. The first-order valence-electron chi connectivity index (χ1n) is 3.32. The minimum Gasteiger partial charge on any atom is -0.481 e. The Labute approximate surface area is 90.5 Å². The topological polar surface area (TPSA) is 54.4 Å². The summed E-state index contributed by atoms with van der Waals surface area (Å²) in [6.45, 7) is 2.91. The van der Waals surface area contributed by atoms with Crippen molar-refractivity contribution in [3.63, 3.8) is 0 Å². The first kappa shape index (κ1) is 15.6. The lowest BCUT2D eigenvalue weighted by Gasteiger charge is -1.99. The Kier molecular flexibility index (Phi) is 12.3. The number of hydrogen-bond donors (Lipinski definition) is 1. The van der Waals surface area contributed by atoms with Crippen LogP contribution in [0, 0.1) is 5.92 Å². The lowest BCUT2D eigenvalue weighted by atomic mass is 10.1. The first-order chi connectivity index (χ1) is 5.95. The van der Waals surface area contributed by atoms with E-state index in [1.54, 1.807) is 0 Å². The van der Waals surface area contributed by atoms with Gasteiger partial charge in [-0.15, -0.1) is 0 Å². The van der Waals surface area contributed by atoms with Crippen molar-refractivity contribution in [3.8, 4) is 0 Å². The average molecular weight is 256 g/mol. The molecule has 0 amide bonds. The van der Waals surface area contributed by atoms with Gasteiger partial charge < -0.3 is 9.90 Å². The summed E-state index contributed by atoms with van der Waals surface area (Å²) in [7, 11) is 1.74. The molecule has 1 atom stereocenters. The lowest BCUT2D eigenvalue weighted by molar-refractivity contribution is -0.142. The van der Waals surface area contributed by atoms with Crippen molar-refractivity contribution < 1.29 is 14.7 Å². The summed E-state index contributed by atoms with van der Waals surface area (Å²) in [5.74, 6) is -1.53. The van der Waals surface area contributed by atoms with E-state index in [1.165, 1.54) is 13.8 Å². The van der Waals surface area contributed by atoms with E-state index in [0.717, 1.165) is 14.1 Å². The molecule has 1 N–H and O–H groups in total. The van der Waals surface area contributed by atoms with Gasteiger partial charge in [0, 0.05) is 20.5 Å². The molecule has 7 heteroatoms. The van der Waals surface area contributed by atoms with E-state index < -0.39 is 11.9 Å². The van der Waals surface area contributed by atoms with E-state index >= 15 is 0 Å². The van der Waals surface area contributed by atoms with E-state index in [1.807, 2.05) is 0 Å². The monoisotopic (exact) mass is 256 g/mol. The maximum atomic E-state index is 10.3. The molecule has 0 bridgehead atoms. The molecule has 0 saturated heterocycles. The Bertz CT molecular complexity index is 202. The zero-order valence-electron chi connectivity index (χ0n) is 7.26. The van der Waals surface area contributed by atoms with E-state index in [-0.39, 0.29) is 12.2 Å². The average Bonchev–Trinajstić information content (AvgIpc) is 2.03. The van der Waals surface area contributed by atoms with Gasteiger partial charge in [-0.2, -0.15) is 0 Å². The summed E-state index contributed by atoms with van der Waals surface area (Å²) in [5.41, 5.74) is 0. The van der Waals surface area contributed by atoms with Crippen LogP contribution in [0.3, 0.4) is 0 Å². The Balaban J connectivity index is 0. The molecule has 0 heterocycles. The number of ketones is 1. The SMILES string of the molecule is CC(=O)C[C@H](C)C(=O)O.S=PP=S. The molecule has 0 aliphatic carbocycles. The van der Waals surface area contributed by atoms with Crippen molar-refractivity contribution in [2.24, 2.45) is 5.92 Å². The summed E-state index contributed by atoms with van der Waals surface area (Å²) in [6.07, 6.45) is 0.134. The van der Waals surface area contributed by atoms with Crippen LogP contribution in [0.5, 0.6) is 0 Å². The van der Waals surface area contributed by atoms with Crippen molar-refractivity contribution in [2.45, 2.75) is 20.3 Å². The number of rotatable bonds is 4. The van der Waals surface area contributed by atoms with Crippen LogP contribution in [0.1, 0.15) is 20.3 Å². The third-order valence-electron chi connectivity index (χ3n) is 1.05. The van der Waals surface area contributed by atoms with Gasteiger partial charge in [0.2, 0.25) is 0 Å². The maximum Gasteiger partial charge on any atom is 0.306 e. The zero-order chi connectivity index (χ0) is 10.9. The fourth-order valence-electron chi connectivity index (χ4n) is 0.518. The van der Waals surface area contributed by atoms with Gasteiger partial charge in [0.1, 0.15) is 5.78 Å². The van der Waals surface area contributed by atoms with Crippen molar-refractivity contribution >= 4 is 49.5 Å². The highest BCUT2D eigenvalue weighted by molar-refractivity contribution is 8.40. The van der Waals surface area contributed by atoms with Crippen LogP contribution in [-0.4, -0.2) is 16.9 Å². The summed E-state index contributed by atoms with van der Waals surface area (Å²) in [6, 6.07) is 0. The van der Waals surface area contributed by atoms with Gasteiger partial charge in [-0.1, -0.05) is 6.92 Å². The second-order valence-corrected chi connectivity index (χ2v) is 6.55. The van der Waals surface area contributed by atoms with Gasteiger partial charge in [0.15, 0.2) is 0 Å². The smallest absolute Gasteiger partial charge is 0.306 e. The van der Waals surface area contributed by atoms with Crippen LogP contribution in [0.15, 0.2) is 0 Å². The molecular formula is C6H10O3P2S2. The number of carboxylic acids is 1. The van der Waals surface area contributed by atoms with Gasteiger partial charge in [-0.25, -0.2) is 0 Å². The van der Waals surface area contributed by atoms with Crippen LogP contribution < -0.4 is 0 Å². The van der Waals surface area contributed by atoms with Gasteiger partial charge in [-0.05, 0) is 30.5 Å². The molecule has 0 aromatic rings. The van der Waals surface area contributed by atoms with Gasteiger partial charge >= 0.3 is 5.97 Å². The van der Waals surface area contributed by atoms with Crippen molar-refractivity contribution in [1.82, 2.24) is 0 Å². The molecule has 0 aliphatic heterocycles. The Morgan fingerprint density at radius 3 is 1.85 bits per heavy atom. The largest absolute Gasteiger partial charge is 0.481 e. The molecule has 0 saturated carbocycles. The van der Waals surface area contributed by atoms with Crippen molar-refractivity contribution in [1.29, 1.82) is 0 Å². The fourth-order valence-corrected chi connectivity index (χ4v) is 0.518. The molecule has 0 spiro atoms. The number of hydrogen-bond acceptors (Lipinski definition) is 4. The predicted octanol–water partition coefficient (Wildman–Crippen LogP) is 2.40. The van der Waals surface area contributed by atoms with Crippen LogP contribution in [0.25, 0.3) is 0 Å². The second-order valence-electron chi connectivity index (χ2n) is 2.31. The van der Waals surface area contributed by atoms with E-state index in [9.17, 15) is 9.59 Å². The molecule has 13 heavy (non-hydrogen) atoms. The van der Waals surface area contributed by atoms with Crippen LogP contribution >= 0.6 is 14.1 Å². The number of carboxylic acid groups (broad SMARTS) is 1. The summed E-state index contributed by atoms with van der Waals surface area (Å²) in [4.78, 5) is 20.4. The number of Topliss-reactive ketones (excluding diaryl/α,β-unsaturated/α-hetero) is 1. The molecule has 0 radical (unpaired) electrons. The van der Waals surface area contributed by atoms with Crippen molar-refractivity contribution in [3.05, 3.63) is 0 Å². The third-order valence-corrected chi connectivity index (χ3v) is 3.72. The highest BCUT2D eigenvalue weighted by Crippen LogP contribution is 2.10. The highest BCUT2D eigenvalue weighted by Gasteiger charge is 2.11. The minimum atomic E-state index is -0.912. The lowest BCUT2D eigenvalue weighted by Crippen LogP contribution is -2.12. The molecular weight excluding hydrogens is 246 g/mol. The third kappa shape index (κ3) is 15.0. The Morgan fingerprint density at radius 1 is 1.38 bits per heavy atom. The normalized spacial score (nSPS) is 11.5. The quantitative estimate of drug-likeness (QED) is 0.783. The zero-order valence-corrected chi connectivity index (χ0v) is 10.7. The number of aliphatic carboxylic acids is 1. The highest BCUT2D eigenvalue weighted by atomic mass is 32.7. The number of carbonyl (C=O) groups excluding carboxylic acids is 1. The minimum absolute atomic E-state index is 0.0788. The van der Waals surface area contributed by atoms with Crippen molar-refractivity contribution in [2.75, 3.05) is 0 Å². The van der Waals surface area contributed by atoms with Gasteiger partial charge in [-0.3, -0.25) is 4.79 Å². The summed E-state index contributed by atoms with van der Waals surface area (Å²) < 4.78 is 0. The van der Waals surface area contributed by atoms with E-state index in [4.69, 9.17) is 5.11 Å². The van der Waals surface area contributed by atoms with E-state index in [0.29, 0.717) is 0 Å². The first-order valence-corrected chi connectivity index (χ1v) is 7.85. The predicted molar refractivity (Wildman–Crippen MR) is 60.7 cm³/mol. The Hall–Kier alpha value is 0.180. The Morgan fingerprint density at radius 2 is 1.77 bits per heavy atom. The molecule has 0 aromatic heterocycles. The van der Waals surface area contributed by atoms with Gasteiger partial charge in [0.05, 0.1) is 5.92 Å². The van der Waals surface area contributed by atoms with Crippen LogP contribution in [-0.2, 0) is 33.2 Å². The second kappa shape index (κ2) is 10.3. The fraction of sp³-hybridized carbons (Fsp3) is 0.667. The van der Waals surface area contributed by atoms with E-state index in [2.05, 4.69) is 23.6 Å². The summed E-state index contributed by atoms with van der Waals surface area (Å²) in [5, 5.41) is 8.28. The van der Waals surface area contributed by atoms with Gasteiger partial charge in [0.25, 0.3) is 0 Å². The number of carbonyl (C=O) groups is 2. The van der Waals surface area contributed by atoms with Crippen LogP contribution in [0.2, 0.25) is 0 Å². The summed E-state index contributed by atoms with van der Waals surface area (Å²) >= 11 is 8.82. The standard InChI is InChI=1S/C6H10O3.P2S2/c1-4(6(8)9)3-5(2)7;3-1-2-4/h4H,3H2,1-2H3,(H,8,9);/t4-;/m0./s1. The molecule has 0 fully saturated rings. The molecule has 3 nitrogen and oxygen atoms in total. The molecule has 74 valence electrons. The maximum absolute atomic E-state index is 10.3. The molecule has 0 aromatic carbocycles.